The van der Waals surface area contributed by atoms with Crippen molar-refractivity contribution in [1.29, 1.82) is 0 Å². The molecule has 0 amide bonds. The highest BCUT2D eigenvalue weighted by Gasteiger charge is 2.08. The lowest BCUT2D eigenvalue weighted by Gasteiger charge is -2.05. The molecule has 3 nitrogen and oxygen atoms in total. The van der Waals surface area contributed by atoms with Gasteiger partial charge in [0.2, 0.25) is 6.43 Å². The van der Waals surface area contributed by atoms with Crippen molar-refractivity contribution in [3.05, 3.63) is 23.9 Å². The third kappa shape index (κ3) is 1.98. The zero-order valence-corrected chi connectivity index (χ0v) is 8.95. The molecule has 2 rings (SSSR count). The van der Waals surface area contributed by atoms with E-state index in [9.17, 15) is 8.78 Å². The molecule has 0 saturated carbocycles. The van der Waals surface area contributed by atoms with Crippen LogP contribution >= 0.6 is 0 Å². The lowest BCUT2D eigenvalue weighted by molar-refractivity contribution is 0.130. The Morgan fingerprint density at radius 3 is 2.88 bits per heavy atom. The van der Waals surface area contributed by atoms with E-state index in [1.807, 2.05) is 13.0 Å². The van der Waals surface area contributed by atoms with Crippen molar-refractivity contribution in [2.24, 2.45) is 0 Å². The second-order valence-electron chi connectivity index (χ2n) is 3.82. The van der Waals surface area contributed by atoms with Gasteiger partial charge in [-0.25, -0.2) is 8.78 Å². The average Bonchev–Trinajstić information content (AvgIpc) is 2.58. The maximum Gasteiger partial charge on any atom is 0.240 e. The number of nitrogen functional groups attached to an aromatic ring is 1. The highest BCUT2D eigenvalue weighted by molar-refractivity contribution is 5.83. The van der Waals surface area contributed by atoms with E-state index in [2.05, 4.69) is 5.10 Å². The molecule has 1 aromatic heterocycles. The molecule has 0 radical (unpaired) electrons. The van der Waals surface area contributed by atoms with E-state index in [1.54, 1.807) is 16.9 Å². The summed E-state index contributed by atoms with van der Waals surface area (Å²) < 4.78 is 25.8. The van der Waals surface area contributed by atoms with Crippen molar-refractivity contribution in [3.63, 3.8) is 0 Å². The topological polar surface area (TPSA) is 43.8 Å². The normalized spacial score (nSPS) is 11.5. The van der Waals surface area contributed by atoms with Gasteiger partial charge in [0.25, 0.3) is 0 Å². The molecule has 86 valence electrons. The predicted molar refractivity (Wildman–Crippen MR) is 59.5 cm³/mol. The van der Waals surface area contributed by atoms with Crippen LogP contribution in [0.3, 0.4) is 0 Å². The van der Waals surface area contributed by atoms with Crippen LogP contribution in [0.4, 0.5) is 14.5 Å². The van der Waals surface area contributed by atoms with Crippen LogP contribution < -0.4 is 5.73 Å². The SMILES string of the molecule is Cc1cc2cnn(CCC(F)F)c2cc1N. The van der Waals surface area contributed by atoms with E-state index in [4.69, 9.17) is 5.73 Å². The molecule has 2 N–H and O–H groups in total. The smallest absolute Gasteiger partial charge is 0.240 e. The lowest BCUT2D eigenvalue weighted by atomic mass is 10.1. The second-order valence-corrected chi connectivity index (χ2v) is 3.82. The Kier molecular flexibility index (Phi) is 2.77. The van der Waals surface area contributed by atoms with Crippen LogP contribution in [-0.2, 0) is 6.54 Å². The largest absolute Gasteiger partial charge is 0.398 e. The van der Waals surface area contributed by atoms with Gasteiger partial charge in [0.15, 0.2) is 0 Å². The quantitative estimate of drug-likeness (QED) is 0.816. The number of alkyl halides is 2. The third-order valence-electron chi connectivity index (χ3n) is 2.59. The van der Waals surface area contributed by atoms with Crippen LogP contribution in [-0.4, -0.2) is 16.2 Å². The number of halogens is 2. The van der Waals surface area contributed by atoms with Crippen LogP contribution in [0.15, 0.2) is 18.3 Å². The van der Waals surface area contributed by atoms with Gasteiger partial charge in [-0.05, 0) is 24.6 Å². The van der Waals surface area contributed by atoms with Gasteiger partial charge in [0, 0.05) is 24.0 Å². The van der Waals surface area contributed by atoms with Gasteiger partial charge in [-0.1, -0.05) is 0 Å². The number of rotatable bonds is 3. The van der Waals surface area contributed by atoms with Gasteiger partial charge in [-0.15, -0.1) is 0 Å². The minimum absolute atomic E-state index is 0.190. The highest BCUT2D eigenvalue weighted by Crippen LogP contribution is 2.21. The zero-order valence-electron chi connectivity index (χ0n) is 8.95. The molecule has 2 aromatic rings. The predicted octanol–water partition coefficient (Wildman–Crippen LogP) is 2.58. The van der Waals surface area contributed by atoms with Crippen LogP contribution in [0, 0.1) is 6.92 Å². The summed E-state index contributed by atoms with van der Waals surface area (Å²) in [7, 11) is 0. The molecular formula is C11H13F2N3. The number of aryl methyl sites for hydroxylation is 2. The zero-order chi connectivity index (χ0) is 11.7. The monoisotopic (exact) mass is 225 g/mol. The van der Waals surface area contributed by atoms with Crippen LogP contribution in [0.2, 0.25) is 0 Å². The van der Waals surface area contributed by atoms with Gasteiger partial charge < -0.3 is 5.73 Å². The number of nitrogens with two attached hydrogens (primary N) is 1. The molecule has 0 unspecified atom stereocenters. The molecule has 0 fully saturated rings. The van der Waals surface area contributed by atoms with E-state index < -0.39 is 6.43 Å². The standard InChI is InChI=1S/C11H13F2N3/c1-7-4-8-6-15-16(3-2-11(12)13)10(8)5-9(7)14/h4-6,11H,2-3,14H2,1H3. The number of benzene rings is 1. The molecule has 0 bridgehead atoms. The Bertz CT molecular complexity index is 505. The number of anilines is 1. The molecule has 0 spiro atoms. The first kappa shape index (κ1) is 10.9. The van der Waals surface area contributed by atoms with Crippen molar-refractivity contribution in [1.82, 2.24) is 9.78 Å². The lowest BCUT2D eigenvalue weighted by Crippen LogP contribution is -2.04. The summed E-state index contributed by atoms with van der Waals surface area (Å²) >= 11 is 0. The second kappa shape index (κ2) is 4.08. The van der Waals surface area contributed by atoms with Crippen LogP contribution in [0.1, 0.15) is 12.0 Å². The fourth-order valence-corrected chi connectivity index (χ4v) is 1.65. The molecule has 0 atom stereocenters. The van der Waals surface area contributed by atoms with Crippen molar-refractivity contribution >= 4 is 16.6 Å². The Labute approximate surface area is 91.9 Å². The molecular weight excluding hydrogens is 212 g/mol. The molecule has 0 aliphatic carbocycles. The van der Waals surface area contributed by atoms with Crippen LogP contribution in [0.5, 0.6) is 0 Å². The summed E-state index contributed by atoms with van der Waals surface area (Å²) in [6, 6.07) is 3.69. The molecule has 1 heterocycles. The van der Waals surface area contributed by atoms with Crippen LogP contribution in [0.25, 0.3) is 10.9 Å². The molecule has 0 saturated heterocycles. The molecule has 0 aliphatic rings. The summed E-state index contributed by atoms with van der Waals surface area (Å²) in [5.74, 6) is 0. The molecule has 0 aliphatic heterocycles. The van der Waals surface area contributed by atoms with E-state index in [-0.39, 0.29) is 13.0 Å². The first-order chi connectivity index (χ1) is 7.58. The van der Waals surface area contributed by atoms with E-state index in [0.29, 0.717) is 5.69 Å². The minimum atomic E-state index is -2.30. The Morgan fingerprint density at radius 1 is 1.44 bits per heavy atom. The number of aromatic nitrogens is 2. The third-order valence-corrected chi connectivity index (χ3v) is 2.59. The Hall–Kier alpha value is -1.65. The number of hydrogen-bond acceptors (Lipinski definition) is 2. The van der Waals surface area contributed by atoms with E-state index in [0.717, 1.165) is 16.5 Å². The van der Waals surface area contributed by atoms with Crippen molar-refractivity contribution in [2.45, 2.75) is 26.3 Å². The summed E-state index contributed by atoms with van der Waals surface area (Å²) in [5.41, 5.74) is 8.22. The van der Waals surface area contributed by atoms with Gasteiger partial charge in [-0.3, -0.25) is 4.68 Å². The van der Waals surface area contributed by atoms with Gasteiger partial charge in [0.1, 0.15) is 0 Å². The Balaban J connectivity index is 2.36. The number of fused-ring (bicyclic) bond motifs is 1. The fraction of sp³-hybridized carbons (Fsp3) is 0.364. The van der Waals surface area contributed by atoms with Crippen molar-refractivity contribution in [3.8, 4) is 0 Å². The molecule has 16 heavy (non-hydrogen) atoms. The summed E-state index contributed by atoms with van der Waals surface area (Å²) in [6.07, 6.45) is -0.820. The highest BCUT2D eigenvalue weighted by atomic mass is 19.3. The van der Waals surface area contributed by atoms with E-state index in [1.165, 1.54) is 0 Å². The van der Waals surface area contributed by atoms with Gasteiger partial charge >= 0.3 is 0 Å². The van der Waals surface area contributed by atoms with Crippen molar-refractivity contribution < 1.29 is 8.78 Å². The number of nitrogens with zero attached hydrogens (tertiary/aromatic N) is 2. The van der Waals surface area contributed by atoms with E-state index >= 15 is 0 Å². The summed E-state index contributed by atoms with van der Waals surface area (Å²) in [6.45, 7) is 2.12. The van der Waals surface area contributed by atoms with Gasteiger partial charge in [0.05, 0.1) is 11.7 Å². The fourth-order valence-electron chi connectivity index (χ4n) is 1.65. The first-order valence-electron chi connectivity index (χ1n) is 5.07. The summed E-state index contributed by atoms with van der Waals surface area (Å²) in [5, 5.41) is 5.01. The average molecular weight is 225 g/mol. The number of hydrogen-bond donors (Lipinski definition) is 1. The first-order valence-corrected chi connectivity index (χ1v) is 5.07. The minimum Gasteiger partial charge on any atom is -0.398 e. The molecule has 1 aromatic carbocycles. The maximum absolute atomic E-state index is 12.1. The molecule has 5 heteroatoms. The Morgan fingerprint density at radius 2 is 2.19 bits per heavy atom. The van der Waals surface area contributed by atoms with Crippen molar-refractivity contribution in [2.75, 3.05) is 5.73 Å². The maximum atomic E-state index is 12.1. The van der Waals surface area contributed by atoms with Gasteiger partial charge in [-0.2, -0.15) is 5.10 Å². The summed E-state index contributed by atoms with van der Waals surface area (Å²) in [4.78, 5) is 0.